The Kier molecular flexibility index (Phi) is 7.27. The molecule has 3 fully saturated rings. The number of halogens is 4. The van der Waals surface area contributed by atoms with Crippen molar-refractivity contribution >= 4 is 34.1 Å². The van der Waals surface area contributed by atoms with E-state index in [0.717, 1.165) is 6.07 Å². The maximum Gasteiger partial charge on any atom is 0.433 e. The summed E-state index contributed by atoms with van der Waals surface area (Å²) in [6, 6.07) is 5.63. The second kappa shape index (κ2) is 10.1. The van der Waals surface area contributed by atoms with Gasteiger partial charge in [-0.25, -0.2) is 4.98 Å². The number of nitrogens with zero attached hydrogens (tertiary/aromatic N) is 2. The molecule has 12 heteroatoms. The number of nitrogens with one attached hydrogen (secondary N) is 1. The van der Waals surface area contributed by atoms with Crippen LogP contribution in [0.2, 0.25) is 5.02 Å². The number of hydrogen-bond donors (Lipinski definition) is 1. The Morgan fingerprint density at radius 3 is 2.50 bits per heavy atom. The fraction of sp³-hybridized carbons (Fsp3) is 0.615. The van der Waals surface area contributed by atoms with Crippen molar-refractivity contribution in [1.82, 2.24) is 10.3 Å². The zero-order valence-corrected chi connectivity index (χ0v) is 22.3. The van der Waals surface area contributed by atoms with E-state index < -0.39 is 42.3 Å². The Bertz CT molecular complexity index is 1200. The first kappa shape index (κ1) is 27.4. The van der Waals surface area contributed by atoms with Gasteiger partial charge in [-0.1, -0.05) is 11.6 Å². The Balaban J connectivity index is 1.25. The molecule has 3 aliphatic rings. The molecule has 1 aromatic heterocycles. The Labute approximate surface area is 223 Å². The van der Waals surface area contributed by atoms with E-state index >= 15 is 0 Å². The summed E-state index contributed by atoms with van der Waals surface area (Å²) in [4.78, 5) is 18.8. The number of anilines is 1. The Morgan fingerprint density at radius 2 is 1.84 bits per heavy atom. The maximum absolute atomic E-state index is 13.6. The summed E-state index contributed by atoms with van der Waals surface area (Å²) < 4.78 is 63.6. The van der Waals surface area contributed by atoms with E-state index in [4.69, 9.17) is 30.5 Å². The normalized spacial score (nSPS) is 30.8. The van der Waals surface area contributed by atoms with Crippen molar-refractivity contribution in [1.29, 1.82) is 0 Å². The molecule has 1 aromatic carbocycles. The molecule has 0 radical (unpaired) electrons. The van der Waals surface area contributed by atoms with Crippen molar-refractivity contribution in [3.05, 3.63) is 35.0 Å². The predicted octanol–water partition coefficient (Wildman–Crippen LogP) is 4.66. The summed E-state index contributed by atoms with van der Waals surface area (Å²) in [5.41, 5.74) is -0.285. The fourth-order valence-corrected chi connectivity index (χ4v) is 5.84. The Morgan fingerprint density at radius 1 is 1.16 bits per heavy atom. The maximum atomic E-state index is 13.6. The molecule has 0 bridgehead atoms. The predicted molar refractivity (Wildman–Crippen MR) is 134 cm³/mol. The highest BCUT2D eigenvalue weighted by Crippen LogP contribution is 2.40. The summed E-state index contributed by atoms with van der Waals surface area (Å²) in [6.45, 7) is 3.56. The highest BCUT2D eigenvalue weighted by Gasteiger charge is 2.58. The number of methoxy groups -OCH3 is 1. The lowest BCUT2D eigenvalue weighted by Crippen LogP contribution is -2.49. The molecule has 208 valence electrons. The van der Waals surface area contributed by atoms with E-state index in [2.05, 4.69) is 10.3 Å². The third kappa shape index (κ3) is 5.31. The van der Waals surface area contributed by atoms with Crippen LogP contribution in [-0.2, 0) is 29.9 Å². The molecular formula is C26H31ClF3N3O5. The van der Waals surface area contributed by atoms with E-state index in [1.807, 2.05) is 4.90 Å². The van der Waals surface area contributed by atoms with Crippen LogP contribution in [0.5, 0.6) is 0 Å². The van der Waals surface area contributed by atoms with Crippen LogP contribution < -0.4 is 10.2 Å². The molecule has 1 aliphatic carbocycles. The molecule has 1 amide bonds. The van der Waals surface area contributed by atoms with Crippen molar-refractivity contribution in [2.45, 2.75) is 88.2 Å². The van der Waals surface area contributed by atoms with Crippen molar-refractivity contribution in [3.63, 3.8) is 0 Å². The number of ether oxygens (including phenoxy) is 4. The molecule has 0 spiro atoms. The van der Waals surface area contributed by atoms with Crippen LogP contribution in [0.4, 0.5) is 18.9 Å². The van der Waals surface area contributed by atoms with Gasteiger partial charge in [0.25, 0.3) is 5.91 Å². The SMILES string of the molecule is CO[C@@H]1O[C@H](C(=O)NC2CCC(N(C)c3cc(C(F)(F)F)nc4ccc(Cl)cc34)CC2)[C@H]2OC(C)(C)O[C@@H]12. The number of amides is 1. The molecule has 2 aromatic rings. The number of pyridine rings is 1. The first-order valence-corrected chi connectivity index (χ1v) is 13.0. The summed E-state index contributed by atoms with van der Waals surface area (Å²) in [5, 5.41) is 4.05. The highest BCUT2D eigenvalue weighted by molar-refractivity contribution is 6.31. The molecule has 5 rings (SSSR count). The van der Waals surface area contributed by atoms with Crippen LogP contribution in [-0.4, -0.2) is 67.5 Å². The number of carbonyl (C=O) groups excluding carboxylic acids is 1. The van der Waals surface area contributed by atoms with Gasteiger partial charge in [0.05, 0.1) is 5.52 Å². The molecule has 2 aliphatic heterocycles. The van der Waals surface area contributed by atoms with Crippen molar-refractivity contribution < 1.29 is 36.9 Å². The number of aromatic nitrogens is 1. The van der Waals surface area contributed by atoms with Crippen LogP contribution in [0.15, 0.2) is 24.3 Å². The van der Waals surface area contributed by atoms with E-state index in [0.29, 0.717) is 41.8 Å². The van der Waals surface area contributed by atoms with E-state index in [-0.39, 0.29) is 23.5 Å². The zero-order valence-electron chi connectivity index (χ0n) is 21.5. The van der Waals surface area contributed by atoms with Crippen LogP contribution in [0.25, 0.3) is 10.9 Å². The minimum absolute atomic E-state index is 0.0221. The minimum Gasteiger partial charge on any atom is -0.371 e. The number of alkyl halides is 3. The average Bonchev–Trinajstić information content (AvgIpc) is 3.35. The number of carbonyl (C=O) groups is 1. The lowest BCUT2D eigenvalue weighted by molar-refractivity contribution is -0.226. The molecule has 3 heterocycles. The second-order valence-electron chi connectivity index (χ2n) is 10.5. The minimum atomic E-state index is -4.57. The highest BCUT2D eigenvalue weighted by atomic mass is 35.5. The van der Waals surface area contributed by atoms with Gasteiger partial charge in [-0.15, -0.1) is 0 Å². The average molecular weight is 558 g/mol. The first-order valence-electron chi connectivity index (χ1n) is 12.6. The van der Waals surface area contributed by atoms with Gasteiger partial charge in [-0.05, 0) is 63.8 Å². The lowest BCUT2D eigenvalue weighted by atomic mass is 9.89. The number of hydrogen-bond acceptors (Lipinski definition) is 7. The van der Waals surface area contributed by atoms with E-state index in [1.165, 1.54) is 19.2 Å². The fourth-order valence-electron chi connectivity index (χ4n) is 5.67. The molecule has 1 saturated carbocycles. The van der Waals surface area contributed by atoms with E-state index in [1.54, 1.807) is 27.0 Å². The largest absolute Gasteiger partial charge is 0.433 e. The third-order valence-electron chi connectivity index (χ3n) is 7.51. The molecule has 1 N–H and O–H groups in total. The van der Waals surface area contributed by atoms with E-state index in [9.17, 15) is 18.0 Å². The van der Waals surface area contributed by atoms with Gasteiger partial charge >= 0.3 is 6.18 Å². The van der Waals surface area contributed by atoms with Crippen LogP contribution in [0.1, 0.15) is 45.2 Å². The molecule has 4 atom stereocenters. The van der Waals surface area contributed by atoms with Gasteiger partial charge in [0.15, 0.2) is 18.2 Å². The molecular weight excluding hydrogens is 527 g/mol. The second-order valence-corrected chi connectivity index (χ2v) is 11.0. The van der Waals surface area contributed by atoms with Crippen molar-refractivity contribution in [2.75, 3.05) is 19.1 Å². The number of rotatable bonds is 5. The van der Waals surface area contributed by atoms with Gasteiger partial charge in [0.2, 0.25) is 0 Å². The lowest BCUT2D eigenvalue weighted by Gasteiger charge is -2.37. The van der Waals surface area contributed by atoms with Gasteiger partial charge in [0, 0.05) is 42.3 Å². The summed E-state index contributed by atoms with van der Waals surface area (Å²) in [7, 11) is 3.28. The summed E-state index contributed by atoms with van der Waals surface area (Å²) in [5.74, 6) is -1.13. The van der Waals surface area contributed by atoms with Crippen LogP contribution >= 0.6 is 11.6 Å². The van der Waals surface area contributed by atoms with Crippen molar-refractivity contribution in [2.24, 2.45) is 0 Å². The van der Waals surface area contributed by atoms with Crippen molar-refractivity contribution in [3.8, 4) is 0 Å². The van der Waals surface area contributed by atoms with Gasteiger partial charge in [0.1, 0.15) is 17.9 Å². The van der Waals surface area contributed by atoms with Crippen LogP contribution in [0.3, 0.4) is 0 Å². The standard InChI is InChI=1S/C26H31ClF3N3O5/c1-25(2)37-20-21(36-24(35-4)22(20)38-25)23(34)31-14-6-8-15(9-7-14)33(3)18-12-19(26(28,29)30)32-17-10-5-13(27)11-16(17)18/h5,10-12,14-15,20-22,24H,6-9H2,1-4H3,(H,31,34)/t14?,15?,20-,21+,22-,24-/m1/s1. The smallest absolute Gasteiger partial charge is 0.371 e. The van der Waals surface area contributed by atoms with Crippen LogP contribution in [0, 0.1) is 0 Å². The first-order chi connectivity index (χ1) is 17.9. The summed E-state index contributed by atoms with van der Waals surface area (Å²) >= 11 is 6.16. The summed E-state index contributed by atoms with van der Waals surface area (Å²) in [6.07, 6.45) is -4.53. The van der Waals surface area contributed by atoms with Gasteiger partial charge in [-0.3, -0.25) is 4.79 Å². The topological polar surface area (TPSA) is 82.2 Å². The third-order valence-corrected chi connectivity index (χ3v) is 7.75. The van der Waals surface area contributed by atoms with Gasteiger partial charge in [-0.2, -0.15) is 13.2 Å². The molecule has 2 saturated heterocycles. The zero-order chi connectivity index (χ0) is 27.4. The molecule has 8 nitrogen and oxygen atoms in total. The Hall–Kier alpha value is -2.18. The monoisotopic (exact) mass is 557 g/mol. The quantitative estimate of drug-likeness (QED) is 0.572. The molecule has 38 heavy (non-hydrogen) atoms. The number of fused-ring (bicyclic) bond motifs is 2. The van der Waals surface area contributed by atoms with Gasteiger partial charge < -0.3 is 29.2 Å². The number of benzene rings is 1. The molecule has 0 unspecified atom stereocenters.